The molecule has 0 radical (unpaired) electrons. The number of carbonyl (C=O) groups excluding carboxylic acids is 2. The molecule has 1 heterocycles. The molecule has 1 atom stereocenters. The standard InChI is InChI=1S/C15H17N5O4S/c1-10(21)25-9-12(7-11-5-3-2-4-6-11)14(24)16-15-17-19-20(18-15)8-13(22)23/h2-6,12H,7-9H2,1H3,(H,22,23)(H,16,18,24). The topological polar surface area (TPSA) is 127 Å². The Kier molecular flexibility index (Phi) is 6.63. The number of rotatable bonds is 8. The number of carbonyl (C=O) groups is 3. The molecule has 0 fully saturated rings. The molecule has 0 aliphatic carbocycles. The number of carboxylic acids is 1. The Balaban J connectivity index is 2.04. The maximum atomic E-state index is 12.5. The zero-order valence-electron chi connectivity index (χ0n) is 13.5. The highest BCUT2D eigenvalue weighted by Crippen LogP contribution is 2.17. The molecule has 9 nitrogen and oxygen atoms in total. The van der Waals surface area contributed by atoms with E-state index in [0.29, 0.717) is 12.2 Å². The lowest BCUT2D eigenvalue weighted by Crippen LogP contribution is -2.27. The second-order valence-electron chi connectivity index (χ2n) is 5.22. The van der Waals surface area contributed by atoms with Gasteiger partial charge in [0.25, 0.3) is 5.95 Å². The van der Waals surface area contributed by atoms with Crippen LogP contribution in [0, 0.1) is 5.92 Å². The van der Waals surface area contributed by atoms with Crippen molar-refractivity contribution in [2.45, 2.75) is 19.9 Å². The van der Waals surface area contributed by atoms with Crippen molar-refractivity contribution in [2.24, 2.45) is 5.92 Å². The van der Waals surface area contributed by atoms with Crippen molar-refractivity contribution in [2.75, 3.05) is 11.1 Å². The van der Waals surface area contributed by atoms with Gasteiger partial charge in [0, 0.05) is 12.7 Å². The number of thioether (sulfide) groups is 1. The molecule has 0 aliphatic heterocycles. The summed E-state index contributed by atoms with van der Waals surface area (Å²) < 4.78 is 0. The summed E-state index contributed by atoms with van der Waals surface area (Å²) in [5.41, 5.74) is 0.967. The van der Waals surface area contributed by atoms with Crippen LogP contribution in [0.25, 0.3) is 0 Å². The number of hydrogen-bond acceptors (Lipinski definition) is 7. The average molecular weight is 363 g/mol. The molecule has 0 saturated heterocycles. The minimum atomic E-state index is -1.12. The Morgan fingerprint density at radius 1 is 1.28 bits per heavy atom. The van der Waals surface area contributed by atoms with Gasteiger partial charge < -0.3 is 5.11 Å². The van der Waals surface area contributed by atoms with E-state index in [0.717, 1.165) is 22.1 Å². The SMILES string of the molecule is CC(=O)SCC(Cc1ccccc1)C(=O)Nc1nnn(CC(=O)O)n1. The molecule has 10 heteroatoms. The van der Waals surface area contributed by atoms with E-state index in [9.17, 15) is 14.4 Å². The molecular weight excluding hydrogens is 346 g/mol. The van der Waals surface area contributed by atoms with Gasteiger partial charge >= 0.3 is 5.97 Å². The fourth-order valence-corrected chi connectivity index (χ4v) is 2.74. The molecule has 2 aromatic rings. The van der Waals surface area contributed by atoms with Crippen LogP contribution < -0.4 is 5.32 Å². The Morgan fingerprint density at radius 3 is 2.64 bits per heavy atom. The largest absolute Gasteiger partial charge is 0.480 e. The summed E-state index contributed by atoms with van der Waals surface area (Å²) in [5.74, 6) is -1.69. The first-order valence-electron chi connectivity index (χ1n) is 7.42. The van der Waals surface area contributed by atoms with Crippen molar-refractivity contribution in [1.29, 1.82) is 0 Å². The molecule has 1 aromatic heterocycles. The summed E-state index contributed by atoms with van der Waals surface area (Å²) in [6.07, 6.45) is 0.455. The van der Waals surface area contributed by atoms with Crippen LogP contribution in [0.5, 0.6) is 0 Å². The molecule has 1 aromatic carbocycles. The molecule has 0 aliphatic rings. The zero-order chi connectivity index (χ0) is 18.2. The number of hydrogen-bond donors (Lipinski definition) is 2. The van der Waals surface area contributed by atoms with Crippen LogP contribution in [-0.4, -0.2) is 48.1 Å². The molecule has 0 saturated carbocycles. The number of anilines is 1. The fraction of sp³-hybridized carbons (Fsp3) is 0.333. The van der Waals surface area contributed by atoms with E-state index in [1.54, 1.807) is 0 Å². The van der Waals surface area contributed by atoms with Crippen LogP contribution in [0.3, 0.4) is 0 Å². The van der Waals surface area contributed by atoms with E-state index in [1.165, 1.54) is 6.92 Å². The third-order valence-corrected chi connectivity index (χ3v) is 4.12. The highest BCUT2D eigenvalue weighted by molar-refractivity contribution is 8.13. The van der Waals surface area contributed by atoms with Crippen molar-refractivity contribution in [3.8, 4) is 0 Å². The first kappa shape index (κ1) is 18.6. The van der Waals surface area contributed by atoms with Gasteiger partial charge in [-0.1, -0.05) is 47.2 Å². The van der Waals surface area contributed by atoms with Gasteiger partial charge in [0.15, 0.2) is 11.7 Å². The second kappa shape index (κ2) is 8.92. The third-order valence-electron chi connectivity index (χ3n) is 3.15. The van der Waals surface area contributed by atoms with Gasteiger partial charge in [-0.3, -0.25) is 19.7 Å². The summed E-state index contributed by atoms with van der Waals surface area (Å²) in [5, 5.41) is 22.1. The molecule has 1 unspecified atom stereocenters. The van der Waals surface area contributed by atoms with Crippen LogP contribution >= 0.6 is 11.8 Å². The van der Waals surface area contributed by atoms with Gasteiger partial charge in [-0.15, -0.1) is 5.10 Å². The van der Waals surface area contributed by atoms with Crippen LogP contribution in [0.15, 0.2) is 30.3 Å². The lowest BCUT2D eigenvalue weighted by molar-refractivity contribution is -0.138. The number of aliphatic carboxylic acids is 1. The minimum Gasteiger partial charge on any atom is -0.480 e. The van der Waals surface area contributed by atoms with Crippen LogP contribution in [0.4, 0.5) is 5.95 Å². The summed E-state index contributed by atoms with van der Waals surface area (Å²) in [7, 11) is 0. The van der Waals surface area contributed by atoms with Gasteiger partial charge in [-0.2, -0.15) is 4.80 Å². The van der Waals surface area contributed by atoms with E-state index in [2.05, 4.69) is 20.7 Å². The van der Waals surface area contributed by atoms with Crippen LogP contribution in [0.1, 0.15) is 12.5 Å². The summed E-state index contributed by atoms with van der Waals surface area (Å²) >= 11 is 1.07. The van der Waals surface area contributed by atoms with Crippen molar-refractivity contribution in [3.63, 3.8) is 0 Å². The molecule has 2 N–H and O–H groups in total. The first-order chi connectivity index (χ1) is 11.9. The number of aromatic nitrogens is 4. The summed E-state index contributed by atoms with van der Waals surface area (Å²) in [6, 6.07) is 9.44. The average Bonchev–Trinajstić information content (AvgIpc) is 2.98. The quantitative estimate of drug-likeness (QED) is 0.706. The van der Waals surface area contributed by atoms with Crippen molar-refractivity contribution >= 4 is 34.7 Å². The van der Waals surface area contributed by atoms with E-state index >= 15 is 0 Å². The van der Waals surface area contributed by atoms with E-state index in [1.807, 2.05) is 30.3 Å². The van der Waals surface area contributed by atoms with Gasteiger partial charge in [-0.05, 0) is 17.2 Å². The molecule has 2 rings (SSSR count). The predicted octanol–water partition coefficient (Wildman–Crippen LogP) is 0.835. The summed E-state index contributed by atoms with van der Waals surface area (Å²) in [4.78, 5) is 35.2. The predicted molar refractivity (Wildman–Crippen MR) is 90.9 cm³/mol. The first-order valence-corrected chi connectivity index (χ1v) is 8.40. The number of carboxylic acid groups (broad SMARTS) is 1. The molecule has 132 valence electrons. The number of amides is 1. The van der Waals surface area contributed by atoms with E-state index < -0.39 is 18.4 Å². The lowest BCUT2D eigenvalue weighted by atomic mass is 10.0. The Hall–Kier alpha value is -2.75. The summed E-state index contributed by atoms with van der Waals surface area (Å²) in [6.45, 7) is 0.998. The maximum absolute atomic E-state index is 12.5. The van der Waals surface area contributed by atoms with Crippen LogP contribution in [0.2, 0.25) is 0 Å². The Labute approximate surface area is 147 Å². The number of benzene rings is 1. The zero-order valence-corrected chi connectivity index (χ0v) is 14.3. The molecule has 25 heavy (non-hydrogen) atoms. The number of tetrazole rings is 1. The second-order valence-corrected chi connectivity index (χ2v) is 6.41. The van der Waals surface area contributed by atoms with E-state index in [-0.39, 0.29) is 17.0 Å². The number of nitrogens with one attached hydrogen (secondary N) is 1. The minimum absolute atomic E-state index is 0.0721. The molecular formula is C15H17N5O4S. The Morgan fingerprint density at radius 2 is 2.00 bits per heavy atom. The maximum Gasteiger partial charge on any atom is 0.327 e. The van der Waals surface area contributed by atoms with Gasteiger partial charge in [0.1, 0.15) is 0 Å². The molecule has 0 bridgehead atoms. The van der Waals surface area contributed by atoms with Crippen molar-refractivity contribution < 1.29 is 19.5 Å². The molecule has 0 spiro atoms. The van der Waals surface area contributed by atoms with Crippen molar-refractivity contribution in [1.82, 2.24) is 20.2 Å². The Bertz CT molecular complexity index is 749. The smallest absolute Gasteiger partial charge is 0.327 e. The number of nitrogens with zero attached hydrogens (tertiary/aromatic N) is 4. The monoisotopic (exact) mass is 363 g/mol. The fourth-order valence-electron chi connectivity index (χ4n) is 2.04. The van der Waals surface area contributed by atoms with Crippen LogP contribution in [-0.2, 0) is 27.3 Å². The van der Waals surface area contributed by atoms with Crippen molar-refractivity contribution in [3.05, 3.63) is 35.9 Å². The third kappa shape index (κ3) is 6.34. The van der Waals surface area contributed by atoms with Gasteiger partial charge in [0.05, 0.1) is 5.92 Å². The van der Waals surface area contributed by atoms with E-state index in [4.69, 9.17) is 5.11 Å². The highest BCUT2D eigenvalue weighted by Gasteiger charge is 2.22. The molecule has 1 amide bonds. The lowest BCUT2D eigenvalue weighted by Gasteiger charge is -2.14. The van der Waals surface area contributed by atoms with Gasteiger partial charge in [0.2, 0.25) is 5.91 Å². The normalized spacial score (nSPS) is 11.7. The van der Waals surface area contributed by atoms with Gasteiger partial charge in [-0.25, -0.2) is 0 Å². The highest BCUT2D eigenvalue weighted by atomic mass is 32.2.